The lowest BCUT2D eigenvalue weighted by Gasteiger charge is -2.17. The topological polar surface area (TPSA) is 73.9 Å². The SMILES string of the molecule is CNc1ccc(Cl)cc1C(=O)N(C)Cc1n[nH]c(C)n1. The van der Waals surface area contributed by atoms with Gasteiger partial charge in [-0.3, -0.25) is 9.89 Å². The fourth-order valence-electron chi connectivity index (χ4n) is 1.86. The first-order valence-corrected chi connectivity index (χ1v) is 6.49. The molecule has 1 amide bonds. The number of nitrogens with one attached hydrogen (secondary N) is 2. The van der Waals surface area contributed by atoms with Gasteiger partial charge in [0.05, 0.1) is 12.1 Å². The summed E-state index contributed by atoms with van der Waals surface area (Å²) in [5.74, 6) is 1.16. The summed E-state index contributed by atoms with van der Waals surface area (Å²) in [4.78, 5) is 18.2. The standard InChI is InChI=1S/C13H16ClN5O/c1-8-16-12(18-17-8)7-19(3)13(20)10-6-9(14)4-5-11(10)15-2/h4-6,15H,7H2,1-3H3,(H,16,17,18). The molecule has 7 heteroatoms. The maximum absolute atomic E-state index is 12.4. The van der Waals surface area contributed by atoms with Crippen molar-refractivity contribution < 1.29 is 4.79 Å². The summed E-state index contributed by atoms with van der Waals surface area (Å²) in [6.07, 6.45) is 0. The van der Waals surface area contributed by atoms with Gasteiger partial charge in [-0.05, 0) is 25.1 Å². The van der Waals surface area contributed by atoms with Crippen LogP contribution in [-0.2, 0) is 6.54 Å². The molecule has 0 saturated carbocycles. The maximum Gasteiger partial charge on any atom is 0.256 e. The van der Waals surface area contributed by atoms with Gasteiger partial charge >= 0.3 is 0 Å². The highest BCUT2D eigenvalue weighted by Gasteiger charge is 2.17. The second-order valence-corrected chi connectivity index (χ2v) is 4.87. The molecule has 1 aromatic heterocycles. The molecule has 0 saturated heterocycles. The predicted molar refractivity (Wildman–Crippen MR) is 77.9 cm³/mol. The average Bonchev–Trinajstić information content (AvgIpc) is 2.83. The van der Waals surface area contributed by atoms with Crippen LogP contribution in [0.5, 0.6) is 0 Å². The largest absolute Gasteiger partial charge is 0.387 e. The van der Waals surface area contributed by atoms with Crippen LogP contribution in [0.1, 0.15) is 22.0 Å². The Kier molecular flexibility index (Phi) is 4.24. The summed E-state index contributed by atoms with van der Waals surface area (Å²) in [6.45, 7) is 2.15. The summed E-state index contributed by atoms with van der Waals surface area (Å²) in [5, 5.41) is 10.3. The summed E-state index contributed by atoms with van der Waals surface area (Å²) in [6, 6.07) is 5.17. The molecule has 0 aliphatic carbocycles. The number of nitrogens with zero attached hydrogens (tertiary/aromatic N) is 3. The van der Waals surface area contributed by atoms with Gasteiger partial charge in [0.25, 0.3) is 5.91 Å². The van der Waals surface area contributed by atoms with Crippen molar-refractivity contribution in [3.05, 3.63) is 40.4 Å². The third-order valence-corrected chi connectivity index (χ3v) is 3.09. The van der Waals surface area contributed by atoms with E-state index in [2.05, 4.69) is 20.5 Å². The quantitative estimate of drug-likeness (QED) is 0.905. The third kappa shape index (κ3) is 3.08. The molecular formula is C13H16ClN5O. The number of amides is 1. The second-order valence-electron chi connectivity index (χ2n) is 4.44. The molecule has 0 atom stereocenters. The molecule has 0 radical (unpaired) electrons. The minimum Gasteiger partial charge on any atom is -0.387 e. The molecule has 1 heterocycles. The van der Waals surface area contributed by atoms with Gasteiger partial charge in [0.2, 0.25) is 0 Å². The number of aromatic amines is 1. The highest BCUT2D eigenvalue weighted by molar-refractivity contribution is 6.31. The number of aryl methyl sites for hydroxylation is 1. The first-order chi connectivity index (χ1) is 9.51. The molecule has 6 nitrogen and oxygen atoms in total. The molecule has 0 spiro atoms. The van der Waals surface area contributed by atoms with E-state index in [-0.39, 0.29) is 5.91 Å². The summed E-state index contributed by atoms with van der Waals surface area (Å²) in [5.41, 5.74) is 1.26. The molecule has 20 heavy (non-hydrogen) atoms. The van der Waals surface area contributed by atoms with E-state index in [1.165, 1.54) is 0 Å². The molecule has 0 aliphatic heterocycles. The van der Waals surface area contributed by atoms with E-state index >= 15 is 0 Å². The number of carbonyl (C=O) groups is 1. The maximum atomic E-state index is 12.4. The number of benzene rings is 1. The van der Waals surface area contributed by atoms with Gasteiger partial charge in [-0.2, -0.15) is 5.10 Å². The van der Waals surface area contributed by atoms with E-state index in [4.69, 9.17) is 11.6 Å². The van der Waals surface area contributed by atoms with Crippen molar-refractivity contribution in [2.24, 2.45) is 0 Å². The lowest BCUT2D eigenvalue weighted by atomic mass is 10.1. The van der Waals surface area contributed by atoms with Gasteiger partial charge < -0.3 is 10.2 Å². The van der Waals surface area contributed by atoms with Gasteiger partial charge in [0.15, 0.2) is 5.82 Å². The Balaban J connectivity index is 2.20. The van der Waals surface area contributed by atoms with Crippen molar-refractivity contribution in [1.29, 1.82) is 0 Å². The smallest absolute Gasteiger partial charge is 0.256 e. The van der Waals surface area contributed by atoms with Gasteiger partial charge in [-0.15, -0.1) is 0 Å². The van der Waals surface area contributed by atoms with Crippen LogP contribution < -0.4 is 5.32 Å². The van der Waals surface area contributed by atoms with Gasteiger partial charge in [0.1, 0.15) is 5.82 Å². The van der Waals surface area contributed by atoms with Gasteiger partial charge in [-0.1, -0.05) is 11.6 Å². The van der Waals surface area contributed by atoms with E-state index in [1.807, 2.05) is 6.92 Å². The van der Waals surface area contributed by atoms with Crippen LogP contribution in [0, 0.1) is 6.92 Å². The summed E-state index contributed by atoms with van der Waals surface area (Å²) >= 11 is 5.96. The van der Waals surface area contributed by atoms with Gasteiger partial charge in [0, 0.05) is 24.8 Å². The van der Waals surface area contributed by atoms with Crippen molar-refractivity contribution in [3.8, 4) is 0 Å². The highest BCUT2D eigenvalue weighted by atomic mass is 35.5. The lowest BCUT2D eigenvalue weighted by Crippen LogP contribution is -2.27. The van der Waals surface area contributed by atoms with E-state index < -0.39 is 0 Å². The fraction of sp³-hybridized carbons (Fsp3) is 0.308. The average molecular weight is 294 g/mol. The Morgan fingerprint density at radius 3 is 2.85 bits per heavy atom. The van der Waals surface area contributed by atoms with Crippen LogP contribution in [0.2, 0.25) is 5.02 Å². The number of carbonyl (C=O) groups excluding carboxylic acids is 1. The molecule has 0 aliphatic rings. The third-order valence-electron chi connectivity index (χ3n) is 2.85. The minimum absolute atomic E-state index is 0.140. The summed E-state index contributed by atoms with van der Waals surface area (Å²) < 4.78 is 0. The van der Waals surface area contributed by atoms with Crippen LogP contribution >= 0.6 is 11.6 Å². The highest BCUT2D eigenvalue weighted by Crippen LogP contribution is 2.22. The molecule has 2 N–H and O–H groups in total. The minimum atomic E-state index is -0.140. The van der Waals surface area contributed by atoms with Crippen LogP contribution in [0.4, 0.5) is 5.69 Å². The zero-order chi connectivity index (χ0) is 14.7. The zero-order valence-electron chi connectivity index (χ0n) is 11.6. The first kappa shape index (κ1) is 14.3. The molecule has 0 bridgehead atoms. The molecule has 0 fully saturated rings. The Labute approximate surface area is 122 Å². The predicted octanol–water partition coefficient (Wildman–Crippen LogP) is 2.08. The van der Waals surface area contributed by atoms with Crippen molar-refractivity contribution in [1.82, 2.24) is 20.1 Å². The van der Waals surface area contributed by atoms with Gasteiger partial charge in [-0.25, -0.2) is 4.98 Å². The van der Waals surface area contributed by atoms with E-state index in [0.29, 0.717) is 23.0 Å². The summed E-state index contributed by atoms with van der Waals surface area (Å²) in [7, 11) is 3.47. The number of hydrogen-bond acceptors (Lipinski definition) is 4. The van der Waals surface area contributed by atoms with Crippen molar-refractivity contribution in [3.63, 3.8) is 0 Å². The molecule has 0 unspecified atom stereocenters. The number of H-pyrrole nitrogens is 1. The van der Waals surface area contributed by atoms with Crippen LogP contribution in [0.25, 0.3) is 0 Å². The fourth-order valence-corrected chi connectivity index (χ4v) is 2.03. The normalized spacial score (nSPS) is 10.4. The number of aromatic nitrogens is 3. The van der Waals surface area contributed by atoms with Crippen molar-refractivity contribution in [2.75, 3.05) is 19.4 Å². The number of anilines is 1. The monoisotopic (exact) mass is 293 g/mol. The number of hydrogen-bond donors (Lipinski definition) is 2. The molecular weight excluding hydrogens is 278 g/mol. The number of rotatable bonds is 4. The molecule has 2 rings (SSSR count). The number of halogens is 1. The first-order valence-electron chi connectivity index (χ1n) is 6.12. The van der Waals surface area contributed by atoms with E-state index in [9.17, 15) is 4.79 Å². The molecule has 2 aromatic rings. The van der Waals surface area contributed by atoms with Crippen molar-refractivity contribution >= 4 is 23.2 Å². The zero-order valence-corrected chi connectivity index (χ0v) is 12.3. The van der Waals surface area contributed by atoms with Crippen LogP contribution in [0.3, 0.4) is 0 Å². The Morgan fingerprint density at radius 2 is 2.25 bits per heavy atom. The molecule has 106 valence electrons. The molecule has 1 aromatic carbocycles. The van der Waals surface area contributed by atoms with Crippen molar-refractivity contribution in [2.45, 2.75) is 13.5 Å². The van der Waals surface area contributed by atoms with E-state index in [1.54, 1.807) is 37.2 Å². The van der Waals surface area contributed by atoms with Crippen LogP contribution in [-0.4, -0.2) is 40.1 Å². The second kappa shape index (κ2) is 5.92. The van der Waals surface area contributed by atoms with E-state index in [0.717, 1.165) is 11.5 Å². The van der Waals surface area contributed by atoms with Crippen LogP contribution in [0.15, 0.2) is 18.2 Å². The lowest BCUT2D eigenvalue weighted by molar-refractivity contribution is 0.0782. The Morgan fingerprint density at radius 1 is 1.50 bits per heavy atom. The Bertz CT molecular complexity index is 625. The Hall–Kier alpha value is -2.08.